The molecule has 5 nitrogen and oxygen atoms in total. The van der Waals surface area contributed by atoms with Crippen LogP contribution in [0.4, 0.5) is 0 Å². The summed E-state index contributed by atoms with van der Waals surface area (Å²) in [6.07, 6.45) is 5.77. The number of carboxylic acids is 1. The van der Waals surface area contributed by atoms with Gasteiger partial charge in [-0.1, -0.05) is 6.42 Å². The Morgan fingerprint density at radius 2 is 1.95 bits per heavy atom. The first-order chi connectivity index (χ1) is 9.57. The van der Waals surface area contributed by atoms with Gasteiger partial charge in [0.15, 0.2) is 0 Å². The fourth-order valence-corrected chi connectivity index (χ4v) is 3.39. The number of methoxy groups -OCH3 is 1. The summed E-state index contributed by atoms with van der Waals surface area (Å²) in [6.45, 7) is 2.07. The number of carbonyl (C=O) groups is 2. The number of piperidine rings is 1. The van der Waals surface area contributed by atoms with Crippen LogP contribution in [0.3, 0.4) is 0 Å². The molecule has 0 spiro atoms. The number of ether oxygens (including phenoxy) is 1. The van der Waals surface area contributed by atoms with E-state index in [1.54, 1.807) is 7.11 Å². The van der Waals surface area contributed by atoms with E-state index in [0.29, 0.717) is 19.7 Å². The van der Waals surface area contributed by atoms with Crippen molar-refractivity contribution >= 4 is 11.9 Å². The Balaban J connectivity index is 1.86. The largest absolute Gasteiger partial charge is 0.481 e. The Morgan fingerprint density at radius 3 is 2.40 bits per heavy atom. The smallest absolute Gasteiger partial charge is 0.303 e. The maximum atomic E-state index is 12.7. The normalized spacial score (nSPS) is 22.4. The van der Waals surface area contributed by atoms with Crippen molar-refractivity contribution < 1.29 is 19.4 Å². The quantitative estimate of drug-likeness (QED) is 0.808. The molecule has 1 N–H and O–H groups in total. The molecule has 2 rings (SSSR count). The van der Waals surface area contributed by atoms with Gasteiger partial charge >= 0.3 is 5.97 Å². The van der Waals surface area contributed by atoms with Gasteiger partial charge in [-0.15, -0.1) is 0 Å². The fraction of sp³-hybridized carbons (Fsp3) is 0.867. The van der Waals surface area contributed by atoms with Crippen molar-refractivity contribution in [3.63, 3.8) is 0 Å². The van der Waals surface area contributed by atoms with E-state index in [4.69, 9.17) is 9.84 Å². The fourth-order valence-electron chi connectivity index (χ4n) is 3.39. The number of amides is 1. The number of nitrogens with zero attached hydrogens (tertiary/aromatic N) is 1. The van der Waals surface area contributed by atoms with E-state index < -0.39 is 5.97 Å². The van der Waals surface area contributed by atoms with Crippen LogP contribution in [0.2, 0.25) is 0 Å². The van der Waals surface area contributed by atoms with E-state index in [1.165, 1.54) is 0 Å². The third-order valence-corrected chi connectivity index (χ3v) is 4.91. The van der Waals surface area contributed by atoms with Crippen LogP contribution in [0.1, 0.15) is 44.9 Å². The number of carboxylic acid groups (broad SMARTS) is 1. The summed E-state index contributed by atoms with van der Waals surface area (Å²) in [6, 6.07) is 0. The lowest BCUT2D eigenvalue weighted by molar-refractivity contribution is -0.150. The highest BCUT2D eigenvalue weighted by Crippen LogP contribution is 2.46. The lowest BCUT2D eigenvalue weighted by Crippen LogP contribution is -2.51. The lowest BCUT2D eigenvalue weighted by atomic mass is 9.65. The van der Waals surface area contributed by atoms with E-state index in [1.807, 2.05) is 4.90 Å². The highest BCUT2D eigenvalue weighted by Gasteiger charge is 2.46. The molecule has 2 fully saturated rings. The predicted molar refractivity (Wildman–Crippen MR) is 74.3 cm³/mol. The molecule has 0 atom stereocenters. The third kappa shape index (κ3) is 3.32. The topological polar surface area (TPSA) is 66.8 Å². The van der Waals surface area contributed by atoms with Crippen molar-refractivity contribution in [2.24, 2.45) is 11.3 Å². The molecule has 1 saturated heterocycles. The minimum atomic E-state index is -0.731. The number of aliphatic carboxylic acids is 1. The van der Waals surface area contributed by atoms with Gasteiger partial charge in [-0.05, 0) is 38.0 Å². The number of carbonyl (C=O) groups excluding carboxylic acids is 1. The summed E-state index contributed by atoms with van der Waals surface area (Å²) in [5.41, 5.74) is -0.185. The summed E-state index contributed by atoms with van der Waals surface area (Å²) in [5.74, 6) is -0.229. The van der Waals surface area contributed by atoms with E-state index >= 15 is 0 Å². The maximum Gasteiger partial charge on any atom is 0.303 e. The molecule has 1 heterocycles. The molecule has 5 heteroatoms. The molecule has 1 aliphatic heterocycles. The van der Waals surface area contributed by atoms with Crippen LogP contribution in [0, 0.1) is 11.3 Å². The van der Waals surface area contributed by atoms with Crippen molar-refractivity contribution in [2.45, 2.75) is 44.9 Å². The molecule has 114 valence electrons. The molecule has 1 aliphatic carbocycles. The van der Waals surface area contributed by atoms with Gasteiger partial charge in [-0.2, -0.15) is 0 Å². The first kappa shape index (κ1) is 15.3. The number of rotatable bonds is 6. The number of likely N-dealkylation sites (tertiary alicyclic amines) is 1. The number of hydrogen-bond acceptors (Lipinski definition) is 3. The van der Waals surface area contributed by atoms with E-state index in [-0.39, 0.29) is 23.7 Å². The Hall–Kier alpha value is -1.10. The highest BCUT2D eigenvalue weighted by molar-refractivity contribution is 5.83. The molecule has 0 radical (unpaired) electrons. The zero-order chi connectivity index (χ0) is 14.6. The van der Waals surface area contributed by atoms with Crippen LogP contribution < -0.4 is 0 Å². The van der Waals surface area contributed by atoms with E-state index in [9.17, 15) is 9.59 Å². The zero-order valence-electron chi connectivity index (χ0n) is 12.3. The average Bonchev–Trinajstić information content (AvgIpc) is 2.37. The second kappa shape index (κ2) is 6.57. The van der Waals surface area contributed by atoms with Gasteiger partial charge < -0.3 is 14.7 Å². The molecule has 0 aromatic carbocycles. The van der Waals surface area contributed by atoms with Crippen LogP contribution >= 0.6 is 0 Å². The van der Waals surface area contributed by atoms with Gasteiger partial charge in [0.2, 0.25) is 5.91 Å². The van der Waals surface area contributed by atoms with Crippen molar-refractivity contribution in [1.82, 2.24) is 4.90 Å². The average molecular weight is 283 g/mol. The Morgan fingerprint density at radius 1 is 1.30 bits per heavy atom. The molecule has 20 heavy (non-hydrogen) atoms. The third-order valence-electron chi connectivity index (χ3n) is 4.91. The minimum absolute atomic E-state index is 0.185. The molecule has 2 aliphatic rings. The first-order valence-electron chi connectivity index (χ1n) is 7.57. The van der Waals surface area contributed by atoms with Gasteiger partial charge in [0.1, 0.15) is 0 Å². The second-order valence-electron chi connectivity index (χ2n) is 6.21. The van der Waals surface area contributed by atoms with Crippen molar-refractivity contribution in [2.75, 3.05) is 26.8 Å². The minimum Gasteiger partial charge on any atom is -0.481 e. The van der Waals surface area contributed by atoms with Crippen LogP contribution in [0.5, 0.6) is 0 Å². The van der Waals surface area contributed by atoms with Crippen molar-refractivity contribution in [1.29, 1.82) is 0 Å². The van der Waals surface area contributed by atoms with E-state index in [0.717, 1.165) is 38.5 Å². The van der Waals surface area contributed by atoms with Crippen LogP contribution in [-0.2, 0) is 14.3 Å². The Bertz CT molecular complexity index is 357. The second-order valence-corrected chi connectivity index (χ2v) is 6.21. The standard InChI is InChI=1S/C15H25NO4/c1-20-10-7-15(5-2-6-15)14(19)16-8-3-12(4-9-16)11-13(17)18/h12H,2-11H2,1H3,(H,17,18). The summed E-state index contributed by atoms with van der Waals surface area (Å²) < 4.78 is 5.14. The number of hydrogen-bond donors (Lipinski definition) is 1. The molecule has 0 unspecified atom stereocenters. The zero-order valence-corrected chi connectivity index (χ0v) is 12.3. The summed E-state index contributed by atoms with van der Waals surface area (Å²) in [4.78, 5) is 25.4. The van der Waals surface area contributed by atoms with Gasteiger partial charge in [0, 0.05) is 33.2 Å². The predicted octanol–water partition coefficient (Wildman–Crippen LogP) is 1.91. The molecular formula is C15H25NO4. The summed E-state index contributed by atoms with van der Waals surface area (Å²) in [5, 5.41) is 8.82. The molecular weight excluding hydrogens is 258 g/mol. The molecule has 0 aromatic rings. The van der Waals surface area contributed by atoms with Crippen LogP contribution in [-0.4, -0.2) is 48.7 Å². The first-order valence-corrected chi connectivity index (χ1v) is 7.57. The van der Waals surface area contributed by atoms with Crippen LogP contribution in [0.15, 0.2) is 0 Å². The van der Waals surface area contributed by atoms with Crippen molar-refractivity contribution in [3.8, 4) is 0 Å². The van der Waals surface area contributed by atoms with Crippen molar-refractivity contribution in [3.05, 3.63) is 0 Å². The molecule has 0 aromatic heterocycles. The SMILES string of the molecule is COCCC1(C(=O)N2CCC(CC(=O)O)CC2)CCC1. The maximum absolute atomic E-state index is 12.7. The highest BCUT2D eigenvalue weighted by atomic mass is 16.5. The lowest BCUT2D eigenvalue weighted by Gasteiger charge is -2.45. The van der Waals surface area contributed by atoms with Gasteiger partial charge in [0.25, 0.3) is 0 Å². The monoisotopic (exact) mass is 283 g/mol. The molecule has 1 saturated carbocycles. The molecule has 0 bridgehead atoms. The van der Waals surface area contributed by atoms with E-state index in [2.05, 4.69) is 0 Å². The Labute approximate surface area is 120 Å². The van der Waals surface area contributed by atoms with Gasteiger partial charge in [0.05, 0.1) is 5.41 Å². The van der Waals surface area contributed by atoms with Crippen LogP contribution in [0.25, 0.3) is 0 Å². The summed E-state index contributed by atoms with van der Waals surface area (Å²) in [7, 11) is 1.67. The molecule has 1 amide bonds. The van der Waals surface area contributed by atoms with Gasteiger partial charge in [-0.25, -0.2) is 0 Å². The van der Waals surface area contributed by atoms with Gasteiger partial charge in [-0.3, -0.25) is 9.59 Å². The Kier molecular flexibility index (Phi) is 5.02. The summed E-state index contributed by atoms with van der Waals surface area (Å²) >= 11 is 0.